The van der Waals surface area contributed by atoms with Crippen LogP contribution in [-0.2, 0) is 11.3 Å². The summed E-state index contributed by atoms with van der Waals surface area (Å²) in [5.74, 6) is -0.626. The van der Waals surface area contributed by atoms with E-state index in [4.69, 9.17) is 0 Å². The van der Waals surface area contributed by atoms with Crippen LogP contribution in [0.3, 0.4) is 0 Å². The Kier molecular flexibility index (Phi) is 3.03. The number of carbonyl (C=O) groups excluding carboxylic acids is 1. The van der Waals surface area contributed by atoms with Gasteiger partial charge in [-0.25, -0.2) is 4.39 Å². The Morgan fingerprint density at radius 1 is 1.31 bits per heavy atom. The molecule has 1 saturated heterocycles. The molecular weight excluding hydrogens is 211 g/mol. The van der Waals surface area contributed by atoms with Crippen LogP contribution in [0.5, 0.6) is 0 Å². The molecule has 0 bridgehead atoms. The molecule has 86 valence electrons. The van der Waals surface area contributed by atoms with Crippen LogP contribution in [0.15, 0.2) is 23.1 Å². The molecule has 4 nitrogen and oxygen atoms in total. The summed E-state index contributed by atoms with van der Waals surface area (Å²) in [6.45, 7) is 1.41. The van der Waals surface area contributed by atoms with Gasteiger partial charge in [-0.3, -0.25) is 9.59 Å². The zero-order chi connectivity index (χ0) is 11.5. The molecule has 1 aromatic rings. The summed E-state index contributed by atoms with van der Waals surface area (Å²) in [5, 5.41) is 0. The summed E-state index contributed by atoms with van der Waals surface area (Å²) in [6, 6.07) is 2.23. The quantitative estimate of drug-likeness (QED) is 0.738. The Labute approximate surface area is 92.3 Å². The van der Waals surface area contributed by atoms with Gasteiger partial charge in [0.2, 0.25) is 5.91 Å². The van der Waals surface area contributed by atoms with Crippen molar-refractivity contribution in [1.29, 1.82) is 0 Å². The molecule has 2 rings (SSSR count). The third-order valence-corrected chi connectivity index (χ3v) is 2.71. The van der Waals surface area contributed by atoms with Gasteiger partial charge in [0.25, 0.3) is 5.56 Å². The highest BCUT2D eigenvalue weighted by Crippen LogP contribution is 2.07. The number of hydrogen-bond acceptors (Lipinski definition) is 2. The minimum Gasteiger partial charge on any atom is -0.341 e. The molecule has 2 heterocycles. The highest BCUT2D eigenvalue weighted by Gasteiger charge is 2.18. The fourth-order valence-electron chi connectivity index (χ4n) is 1.84. The molecule has 1 fully saturated rings. The molecule has 1 aromatic heterocycles. The highest BCUT2D eigenvalue weighted by molar-refractivity contribution is 5.76. The maximum Gasteiger partial charge on any atom is 0.251 e. The van der Waals surface area contributed by atoms with Crippen molar-refractivity contribution < 1.29 is 9.18 Å². The smallest absolute Gasteiger partial charge is 0.251 e. The van der Waals surface area contributed by atoms with E-state index in [1.165, 1.54) is 0 Å². The first-order valence-electron chi connectivity index (χ1n) is 5.30. The molecule has 0 unspecified atom stereocenters. The minimum atomic E-state index is -0.506. The fraction of sp³-hybridized carbons (Fsp3) is 0.455. The molecule has 0 radical (unpaired) electrons. The van der Waals surface area contributed by atoms with E-state index in [1.54, 1.807) is 4.90 Å². The standard InChI is InChI=1S/C11H13FN2O2/c12-9-3-4-10(15)14(7-9)8-11(16)13-5-1-2-6-13/h3-4,7H,1-2,5-6,8H2. The Balaban J connectivity index is 2.11. The second-order valence-electron chi connectivity index (χ2n) is 3.90. The van der Waals surface area contributed by atoms with Gasteiger partial charge in [-0.2, -0.15) is 0 Å². The number of likely N-dealkylation sites (tertiary alicyclic amines) is 1. The van der Waals surface area contributed by atoms with E-state index in [1.807, 2.05) is 0 Å². The van der Waals surface area contributed by atoms with Gasteiger partial charge in [0, 0.05) is 25.4 Å². The van der Waals surface area contributed by atoms with Crippen molar-refractivity contribution in [2.45, 2.75) is 19.4 Å². The average Bonchev–Trinajstić information content (AvgIpc) is 2.76. The van der Waals surface area contributed by atoms with Crippen molar-refractivity contribution in [3.63, 3.8) is 0 Å². The van der Waals surface area contributed by atoms with Crippen LogP contribution in [0.25, 0.3) is 0 Å². The molecule has 0 aromatic carbocycles. The largest absolute Gasteiger partial charge is 0.341 e. The number of rotatable bonds is 2. The lowest BCUT2D eigenvalue weighted by molar-refractivity contribution is -0.130. The van der Waals surface area contributed by atoms with Gasteiger partial charge in [0.05, 0.1) is 0 Å². The van der Waals surface area contributed by atoms with Crippen molar-refractivity contribution in [2.75, 3.05) is 13.1 Å². The first-order valence-corrected chi connectivity index (χ1v) is 5.30. The summed E-state index contributed by atoms with van der Waals surface area (Å²) in [5.41, 5.74) is -0.353. The third kappa shape index (κ3) is 2.29. The van der Waals surface area contributed by atoms with Crippen LogP contribution in [0, 0.1) is 5.82 Å². The SMILES string of the molecule is O=C(Cn1cc(F)ccc1=O)N1CCCC1. The van der Waals surface area contributed by atoms with Crippen LogP contribution in [0.1, 0.15) is 12.8 Å². The van der Waals surface area contributed by atoms with Crippen molar-refractivity contribution >= 4 is 5.91 Å². The van der Waals surface area contributed by atoms with E-state index in [0.717, 1.165) is 48.8 Å². The Morgan fingerprint density at radius 3 is 2.69 bits per heavy atom. The van der Waals surface area contributed by atoms with Gasteiger partial charge in [-0.1, -0.05) is 0 Å². The van der Waals surface area contributed by atoms with E-state index in [9.17, 15) is 14.0 Å². The number of amides is 1. The van der Waals surface area contributed by atoms with E-state index < -0.39 is 5.82 Å². The van der Waals surface area contributed by atoms with E-state index >= 15 is 0 Å². The van der Waals surface area contributed by atoms with Gasteiger partial charge in [-0.05, 0) is 18.9 Å². The molecule has 0 saturated carbocycles. The fourth-order valence-corrected chi connectivity index (χ4v) is 1.84. The summed E-state index contributed by atoms with van der Waals surface area (Å²) >= 11 is 0. The van der Waals surface area contributed by atoms with Crippen LogP contribution < -0.4 is 5.56 Å². The second-order valence-corrected chi connectivity index (χ2v) is 3.90. The maximum atomic E-state index is 12.9. The number of carbonyl (C=O) groups is 1. The molecule has 16 heavy (non-hydrogen) atoms. The Morgan fingerprint density at radius 2 is 2.00 bits per heavy atom. The van der Waals surface area contributed by atoms with Gasteiger partial charge in [-0.15, -0.1) is 0 Å². The van der Waals surface area contributed by atoms with Gasteiger partial charge < -0.3 is 9.47 Å². The molecule has 1 amide bonds. The van der Waals surface area contributed by atoms with E-state index in [2.05, 4.69) is 0 Å². The van der Waals surface area contributed by atoms with Crippen LogP contribution >= 0.6 is 0 Å². The van der Waals surface area contributed by atoms with Crippen LogP contribution in [0.4, 0.5) is 4.39 Å². The molecule has 1 aliphatic rings. The van der Waals surface area contributed by atoms with Gasteiger partial charge in [0.1, 0.15) is 12.4 Å². The molecule has 5 heteroatoms. The first-order chi connectivity index (χ1) is 7.66. The Hall–Kier alpha value is -1.65. The van der Waals surface area contributed by atoms with Gasteiger partial charge >= 0.3 is 0 Å². The topological polar surface area (TPSA) is 42.3 Å². The van der Waals surface area contributed by atoms with Crippen molar-refractivity contribution in [1.82, 2.24) is 9.47 Å². The summed E-state index contributed by atoms with van der Waals surface area (Å²) in [7, 11) is 0. The number of hydrogen-bond donors (Lipinski definition) is 0. The summed E-state index contributed by atoms with van der Waals surface area (Å²) < 4.78 is 14.0. The van der Waals surface area contributed by atoms with Crippen molar-refractivity contribution in [2.24, 2.45) is 0 Å². The average molecular weight is 224 g/mol. The number of pyridine rings is 1. The van der Waals surface area contributed by atoms with Crippen molar-refractivity contribution in [3.8, 4) is 0 Å². The molecule has 0 N–H and O–H groups in total. The second kappa shape index (κ2) is 4.47. The van der Waals surface area contributed by atoms with Crippen LogP contribution in [-0.4, -0.2) is 28.5 Å². The molecule has 0 spiro atoms. The molecule has 0 atom stereocenters. The van der Waals surface area contributed by atoms with Crippen LogP contribution in [0.2, 0.25) is 0 Å². The lowest BCUT2D eigenvalue weighted by Gasteiger charge is -2.15. The highest BCUT2D eigenvalue weighted by atomic mass is 19.1. The predicted molar refractivity (Wildman–Crippen MR) is 56.5 cm³/mol. The molecular formula is C11H13FN2O2. The summed E-state index contributed by atoms with van der Waals surface area (Å²) in [4.78, 5) is 24.8. The van der Waals surface area contributed by atoms with E-state index in [-0.39, 0.29) is 18.0 Å². The summed E-state index contributed by atoms with van der Waals surface area (Å²) in [6.07, 6.45) is 3.07. The predicted octanol–water partition coefficient (Wildman–Crippen LogP) is 0.610. The zero-order valence-corrected chi connectivity index (χ0v) is 8.86. The number of aromatic nitrogens is 1. The molecule has 1 aliphatic heterocycles. The van der Waals surface area contributed by atoms with Gasteiger partial charge in [0.15, 0.2) is 0 Å². The lowest BCUT2D eigenvalue weighted by Crippen LogP contribution is -2.34. The Bertz CT molecular complexity index is 450. The normalized spacial score (nSPS) is 15.4. The van der Waals surface area contributed by atoms with Crippen molar-refractivity contribution in [3.05, 3.63) is 34.5 Å². The number of halogens is 1. The van der Waals surface area contributed by atoms with E-state index in [0.29, 0.717) is 0 Å². The minimum absolute atomic E-state index is 0.0728. The first kappa shape index (κ1) is 10.9. The zero-order valence-electron chi connectivity index (χ0n) is 8.86. The monoisotopic (exact) mass is 224 g/mol. The third-order valence-electron chi connectivity index (χ3n) is 2.71. The molecule has 0 aliphatic carbocycles. The number of nitrogens with zero attached hydrogens (tertiary/aromatic N) is 2. The lowest BCUT2D eigenvalue weighted by atomic mass is 10.4. The maximum absolute atomic E-state index is 12.9.